The van der Waals surface area contributed by atoms with E-state index in [9.17, 15) is 4.79 Å². The lowest BCUT2D eigenvalue weighted by Crippen LogP contribution is -2.48. The maximum atomic E-state index is 11.4. The molecule has 0 heterocycles. The first kappa shape index (κ1) is 21.0. The number of hydrogen-bond donors (Lipinski definition) is 0. The molecule has 0 aliphatic heterocycles. The minimum absolute atomic E-state index is 0.307. The second-order valence-electron chi connectivity index (χ2n) is 9.46. The fourth-order valence-corrected chi connectivity index (χ4v) is 6.49. The molecule has 0 saturated heterocycles. The standard InChI is InChI=1S/C27H34O3/c1-4-30-26(28)9-7-5-6-8-19(2)23-10-11-25(29-3)24(15-23)27-16-20-12-21(17-27)14-22(13-20)18-27/h5-11,15,20-22H,4,12-14,16-18H2,1-3H3/b6-5+,9-7+,19-8+. The van der Waals surface area contributed by atoms with Gasteiger partial charge in [0.15, 0.2) is 0 Å². The van der Waals surface area contributed by atoms with Gasteiger partial charge in [-0.15, -0.1) is 0 Å². The Morgan fingerprint density at radius 3 is 2.33 bits per heavy atom. The van der Waals surface area contributed by atoms with Crippen LogP contribution in [0.1, 0.15) is 63.5 Å². The van der Waals surface area contributed by atoms with E-state index in [0.717, 1.165) is 23.5 Å². The van der Waals surface area contributed by atoms with Crippen LogP contribution in [0.3, 0.4) is 0 Å². The SMILES string of the molecule is CCOC(=O)/C=C/C=C/C=C(\C)c1ccc(OC)c(C23CC4CC(CC(C4)C2)C3)c1. The van der Waals surface area contributed by atoms with E-state index in [0.29, 0.717) is 12.0 Å². The van der Waals surface area contributed by atoms with Gasteiger partial charge in [0.1, 0.15) is 5.75 Å². The number of esters is 1. The van der Waals surface area contributed by atoms with Crippen LogP contribution < -0.4 is 4.74 Å². The van der Waals surface area contributed by atoms with Gasteiger partial charge >= 0.3 is 5.97 Å². The van der Waals surface area contributed by atoms with Gasteiger partial charge in [0.2, 0.25) is 0 Å². The summed E-state index contributed by atoms with van der Waals surface area (Å²) in [7, 11) is 1.81. The van der Waals surface area contributed by atoms with Gasteiger partial charge in [-0.3, -0.25) is 0 Å². The Balaban J connectivity index is 1.55. The van der Waals surface area contributed by atoms with E-state index in [1.54, 1.807) is 20.1 Å². The van der Waals surface area contributed by atoms with Gasteiger partial charge in [0, 0.05) is 11.6 Å². The Morgan fingerprint density at radius 1 is 1.07 bits per heavy atom. The molecule has 4 aliphatic rings. The predicted octanol–water partition coefficient (Wildman–Crippen LogP) is 6.24. The van der Waals surface area contributed by atoms with E-state index in [-0.39, 0.29) is 5.97 Å². The molecule has 0 spiro atoms. The number of rotatable bonds is 7. The maximum absolute atomic E-state index is 11.4. The Bertz CT molecular complexity index is 839. The molecule has 0 unspecified atom stereocenters. The highest BCUT2D eigenvalue weighted by molar-refractivity contribution is 5.82. The molecule has 0 aromatic heterocycles. The molecule has 4 aliphatic carbocycles. The van der Waals surface area contributed by atoms with Crippen LogP contribution >= 0.6 is 0 Å². The number of hydrogen-bond acceptors (Lipinski definition) is 3. The molecule has 5 rings (SSSR count). The molecular weight excluding hydrogens is 372 g/mol. The Kier molecular flexibility index (Phi) is 6.17. The van der Waals surface area contributed by atoms with Gasteiger partial charge in [-0.05, 0) is 98.8 Å². The predicted molar refractivity (Wildman–Crippen MR) is 121 cm³/mol. The third kappa shape index (κ3) is 4.26. The number of allylic oxidation sites excluding steroid dienone is 5. The quantitative estimate of drug-likeness (QED) is 0.305. The maximum Gasteiger partial charge on any atom is 0.330 e. The first-order valence-corrected chi connectivity index (χ1v) is 11.4. The zero-order chi connectivity index (χ0) is 21.1. The molecule has 0 radical (unpaired) electrons. The zero-order valence-corrected chi connectivity index (χ0v) is 18.5. The fourth-order valence-electron chi connectivity index (χ4n) is 6.49. The molecule has 1 aromatic rings. The van der Waals surface area contributed by atoms with E-state index in [2.05, 4.69) is 31.2 Å². The lowest BCUT2D eigenvalue weighted by molar-refractivity contribution is -0.137. The Labute approximate surface area is 180 Å². The number of methoxy groups -OCH3 is 1. The molecule has 0 N–H and O–H groups in total. The van der Waals surface area contributed by atoms with Gasteiger partial charge < -0.3 is 9.47 Å². The highest BCUT2D eigenvalue weighted by Crippen LogP contribution is 2.62. The largest absolute Gasteiger partial charge is 0.496 e. The van der Waals surface area contributed by atoms with Crippen LogP contribution in [0.2, 0.25) is 0 Å². The van der Waals surface area contributed by atoms with Crippen LogP contribution in [0.25, 0.3) is 5.57 Å². The molecule has 30 heavy (non-hydrogen) atoms. The molecule has 160 valence electrons. The van der Waals surface area contributed by atoms with Gasteiger partial charge in [-0.1, -0.05) is 30.4 Å². The van der Waals surface area contributed by atoms with Crippen LogP contribution in [0.5, 0.6) is 5.75 Å². The van der Waals surface area contributed by atoms with E-state index in [1.807, 2.05) is 12.2 Å². The summed E-state index contributed by atoms with van der Waals surface area (Å²) in [4.78, 5) is 11.4. The molecule has 3 nitrogen and oxygen atoms in total. The summed E-state index contributed by atoms with van der Waals surface area (Å²) in [5.41, 5.74) is 4.21. The van der Waals surface area contributed by atoms with Crippen molar-refractivity contribution in [1.82, 2.24) is 0 Å². The van der Waals surface area contributed by atoms with Crippen molar-refractivity contribution < 1.29 is 14.3 Å². The third-order valence-corrected chi connectivity index (χ3v) is 7.35. The van der Waals surface area contributed by atoms with Gasteiger partial charge in [0.05, 0.1) is 13.7 Å². The monoisotopic (exact) mass is 406 g/mol. The van der Waals surface area contributed by atoms with Crippen LogP contribution in [0.4, 0.5) is 0 Å². The smallest absolute Gasteiger partial charge is 0.330 e. The summed E-state index contributed by atoms with van der Waals surface area (Å²) in [6.45, 7) is 4.35. The van der Waals surface area contributed by atoms with Crippen molar-refractivity contribution in [3.8, 4) is 5.75 Å². The van der Waals surface area contributed by atoms with Crippen LogP contribution in [0.15, 0.2) is 48.6 Å². The zero-order valence-electron chi connectivity index (χ0n) is 18.5. The summed E-state index contributed by atoms with van der Waals surface area (Å²) >= 11 is 0. The molecule has 4 saturated carbocycles. The minimum Gasteiger partial charge on any atom is -0.496 e. The first-order valence-electron chi connectivity index (χ1n) is 11.4. The summed E-state index contributed by atoms with van der Waals surface area (Å²) in [5.74, 6) is 3.49. The number of carbonyl (C=O) groups excluding carboxylic acids is 1. The van der Waals surface area contributed by atoms with E-state index >= 15 is 0 Å². The number of ether oxygens (including phenoxy) is 2. The lowest BCUT2D eigenvalue weighted by Gasteiger charge is -2.57. The van der Waals surface area contributed by atoms with Crippen molar-refractivity contribution in [2.24, 2.45) is 17.8 Å². The van der Waals surface area contributed by atoms with Crippen molar-refractivity contribution in [2.75, 3.05) is 13.7 Å². The van der Waals surface area contributed by atoms with Crippen molar-refractivity contribution >= 4 is 11.5 Å². The molecule has 4 fully saturated rings. The average molecular weight is 407 g/mol. The normalized spacial score (nSPS) is 30.4. The summed E-state index contributed by atoms with van der Waals surface area (Å²) < 4.78 is 10.7. The van der Waals surface area contributed by atoms with E-state index < -0.39 is 0 Å². The Morgan fingerprint density at radius 2 is 1.73 bits per heavy atom. The van der Waals surface area contributed by atoms with Crippen molar-refractivity contribution in [2.45, 2.75) is 57.8 Å². The van der Waals surface area contributed by atoms with E-state index in [1.165, 1.54) is 61.3 Å². The summed E-state index contributed by atoms with van der Waals surface area (Å²) in [6.07, 6.45) is 17.4. The van der Waals surface area contributed by atoms with Gasteiger partial charge in [0.25, 0.3) is 0 Å². The highest BCUT2D eigenvalue weighted by Gasteiger charge is 2.52. The van der Waals surface area contributed by atoms with Crippen LogP contribution in [-0.2, 0) is 14.9 Å². The summed E-state index contributed by atoms with van der Waals surface area (Å²) in [6, 6.07) is 6.71. The second-order valence-corrected chi connectivity index (χ2v) is 9.46. The lowest BCUT2D eigenvalue weighted by atomic mass is 9.48. The van der Waals surface area contributed by atoms with Gasteiger partial charge in [-0.2, -0.15) is 0 Å². The number of benzene rings is 1. The second kappa shape index (κ2) is 8.83. The van der Waals surface area contributed by atoms with Crippen LogP contribution in [-0.4, -0.2) is 19.7 Å². The number of carbonyl (C=O) groups is 1. The average Bonchev–Trinajstić information content (AvgIpc) is 2.72. The van der Waals surface area contributed by atoms with E-state index in [4.69, 9.17) is 9.47 Å². The highest BCUT2D eigenvalue weighted by atomic mass is 16.5. The molecule has 1 aromatic carbocycles. The minimum atomic E-state index is -0.307. The molecule has 0 amide bonds. The third-order valence-electron chi connectivity index (χ3n) is 7.35. The van der Waals surface area contributed by atoms with Crippen LogP contribution in [0, 0.1) is 17.8 Å². The van der Waals surface area contributed by atoms with Gasteiger partial charge in [-0.25, -0.2) is 4.79 Å². The topological polar surface area (TPSA) is 35.5 Å². The van der Waals surface area contributed by atoms with Crippen molar-refractivity contribution in [3.63, 3.8) is 0 Å². The molecular formula is C27H34O3. The molecule has 4 bridgehead atoms. The Hall–Kier alpha value is -2.29. The fraction of sp³-hybridized carbons (Fsp3) is 0.519. The molecule has 3 heteroatoms. The molecule has 0 atom stereocenters. The van der Waals surface area contributed by atoms with Crippen molar-refractivity contribution in [3.05, 3.63) is 59.7 Å². The summed E-state index contributed by atoms with van der Waals surface area (Å²) in [5, 5.41) is 0. The van der Waals surface area contributed by atoms with Crippen molar-refractivity contribution in [1.29, 1.82) is 0 Å². The first-order chi connectivity index (χ1) is 14.5.